The van der Waals surface area contributed by atoms with Crippen LogP contribution in [0.25, 0.3) is 10.9 Å². The lowest BCUT2D eigenvalue weighted by molar-refractivity contribution is 0.0525. The lowest BCUT2D eigenvalue weighted by atomic mass is 10.0. The largest absolute Gasteiger partial charge is 0.494 e. The molecule has 0 radical (unpaired) electrons. The average molecular weight is 481 g/mol. The zero-order chi connectivity index (χ0) is 24.4. The van der Waals surface area contributed by atoms with Crippen LogP contribution < -0.4 is 9.64 Å². The Balaban J connectivity index is 1.14. The fraction of sp³-hybridized carbons (Fsp3) is 0.385. The number of fused-ring (bicyclic) bond motifs is 1. The molecule has 1 aromatic heterocycles. The van der Waals surface area contributed by atoms with Crippen molar-refractivity contribution < 1.29 is 23.8 Å². The summed E-state index contributed by atoms with van der Waals surface area (Å²) >= 11 is 0. The number of amides is 1. The van der Waals surface area contributed by atoms with E-state index in [2.05, 4.69) is 14.8 Å². The molecule has 2 aromatic carbocycles. The molecule has 5 rings (SSSR count). The fourth-order valence-corrected chi connectivity index (χ4v) is 4.88. The van der Waals surface area contributed by atoms with Crippen LogP contribution in [-0.4, -0.2) is 85.0 Å². The number of aromatic nitrogens is 1. The molecule has 35 heavy (non-hydrogen) atoms. The van der Waals surface area contributed by atoms with E-state index in [9.17, 15) is 14.3 Å². The molecule has 1 amide bonds. The number of benzene rings is 2. The minimum absolute atomic E-state index is 0.263. The molecule has 2 fully saturated rings. The number of hydrogen-bond acceptors (Lipinski definition) is 7. The molecule has 2 aliphatic heterocycles. The van der Waals surface area contributed by atoms with E-state index in [0.29, 0.717) is 31.1 Å². The third-order valence-electron chi connectivity index (χ3n) is 6.70. The van der Waals surface area contributed by atoms with Gasteiger partial charge in [0.15, 0.2) is 0 Å². The normalized spacial score (nSPS) is 20.3. The summed E-state index contributed by atoms with van der Waals surface area (Å²) in [5.41, 5.74) is 2.10. The van der Waals surface area contributed by atoms with Gasteiger partial charge >= 0.3 is 6.09 Å². The number of cyclic esters (lactones) is 1. The van der Waals surface area contributed by atoms with Crippen LogP contribution in [0.4, 0.5) is 14.9 Å². The van der Waals surface area contributed by atoms with Crippen molar-refractivity contribution in [2.75, 3.05) is 57.8 Å². The molecule has 0 saturated carbocycles. The maximum atomic E-state index is 13.5. The van der Waals surface area contributed by atoms with Crippen LogP contribution in [0.1, 0.15) is 11.7 Å². The van der Waals surface area contributed by atoms with Crippen molar-refractivity contribution in [2.45, 2.75) is 12.2 Å². The summed E-state index contributed by atoms with van der Waals surface area (Å²) in [6.07, 6.45) is 0.358. The molecule has 3 aromatic rings. The monoisotopic (exact) mass is 480 g/mol. The highest BCUT2D eigenvalue weighted by atomic mass is 19.1. The number of aliphatic hydroxyl groups excluding tert-OH is 1. The Kier molecular flexibility index (Phi) is 6.81. The topological polar surface area (TPSA) is 78.4 Å². The Morgan fingerprint density at radius 3 is 2.69 bits per heavy atom. The van der Waals surface area contributed by atoms with E-state index in [1.807, 2.05) is 24.3 Å². The summed E-state index contributed by atoms with van der Waals surface area (Å²) in [7, 11) is 1.62. The number of methoxy groups -OCH3 is 1. The lowest BCUT2D eigenvalue weighted by Gasteiger charge is -2.36. The van der Waals surface area contributed by atoms with Crippen LogP contribution in [0.5, 0.6) is 5.75 Å². The summed E-state index contributed by atoms with van der Waals surface area (Å²) in [5, 5.41) is 11.9. The second-order valence-electron chi connectivity index (χ2n) is 8.97. The molecule has 184 valence electrons. The first-order valence-electron chi connectivity index (χ1n) is 11.8. The van der Waals surface area contributed by atoms with Crippen LogP contribution in [-0.2, 0) is 4.74 Å². The van der Waals surface area contributed by atoms with E-state index >= 15 is 0 Å². The van der Waals surface area contributed by atoms with Crippen molar-refractivity contribution >= 4 is 22.7 Å². The molecule has 1 N–H and O–H groups in total. The third kappa shape index (κ3) is 5.07. The highest BCUT2D eigenvalue weighted by Crippen LogP contribution is 2.29. The number of anilines is 1. The molecule has 2 saturated heterocycles. The summed E-state index contributed by atoms with van der Waals surface area (Å²) in [5.74, 6) is 0.310. The molecule has 0 bridgehead atoms. The molecule has 1 unspecified atom stereocenters. The van der Waals surface area contributed by atoms with Crippen molar-refractivity contribution in [3.63, 3.8) is 0 Å². The Morgan fingerprint density at radius 1 is 1.14 bits per heavy atom. The Labute approximate surface area is 203 Å². The van der Waals surface area contributed by atoms with E-state index in [1.54, 1.807) is 25.4 Å². The van der Waals surface area contributed by atoms with Gasteiger partial charge in [0.25, 0.3) is 0 Å². The molecule has 2 aliphatic rings. The number of β-amino-alcohol motifs (C(OH)–C–C–N with tert-alkyl or cyclic N) is 1. The number of hydrogen-bond donors (Lipinski definition) is 1. The van der Waals surface area contributed by atoms with Gasteiger partial charge in [-0.3, -0.25) is 19.7 Å². The number of ether oxygens (including phenoxy) is 2. The van der Waals surface area contributed by atoms with Gasteiger partial charge < -0.3 is 14.6 Å². The summed E-state index contributed by atoms with van der Waals surface area (Å²) < 4.78 is 24.5. The molecular weight excluding hydrogens is 451 g/mol. The second-order valence-corrected chi connectivity index (χ2v) is 8.97. The first-order valence-corrected chi connectivity index (χ1v) is 11.8. The number of nitrogens with zero attached hydrogens (tertiary/aromatic N) is 4. The van der Waals surface area contributed by atoms with Gasteiger partial charge in [-0.05, 0) is 35.9 Å². The summed E-state index contributed by atoms with van der Waals surface area (Å²) in [6, 6.07) is 13.6. The number of carbonyl (C=O) groups is 1. The highest BCUT2D eigenvalue weighted by molar-refractivity contribution is 5.89. The first-order chi connectivity index (χ1) is 17.0. The van der Waals surface area contributed by atoms with Gasteiger partial charge in [0.05, 0.1) is 25.4 Å². The smallest absolute Gasteiger partial charge is 0.414 e. The van der Waals surface area contributed by atoms with Gasteiger partial charge in [-0.25, -0.2) is 9.18 Å². The highest BCUT2D eigenvalue weighted by Gasteiger charge is 2.34. The quantitative estimate of drug-likeness (QED) is 0.557. The number of rotatable bonds is 7. The molecular formula is C26H29FN4O4. The predicted molar refractivity (Wildman–Crippen MR) is 130 cm³/mol. The summed E-state index contributed by atoms with van der Waals surface area (Å²) in [6.45, 7) is 4.78. The predicted octanol–water partition coefficient (Wildman–Crippen LogP) is 3.06. The zero-order valence-corrected chi connectivity index (χ0v) is 19.6. The van der Waals surface area contributed by atoms with E-state index in [1.165, 1.54) is 17.0 Å². The van der Waals surface area contributed by atoms with Crippen molar-refractivity contribution in [1.82, 2.24) is 14.8 Å². The Morgan fingerprint density at radius 2 is 1.91 bits per heavy atom. The standard InChI is InChI=1S/C26H29FN4O4/c1-34-24-7-3-6-22-21(8-9-28-25(22)24)23(32)17-30-12-10-29(11-13-30)15-20-16-31(26(33)35-20)19-5-2-4-18(27)14-19/h2-9,14,20,23,32H,10-13,15-17H2,1H3/t20?,23-/m1/s1. The molecule has 0 spiro atoms. The van der Waals surface area contributed by atoms with E-state index < -0.39 is 12.2 Å². The minimum Gasteiger partial charge on any atom is -0.494 e. The molecule has 3 heterocycles. The number of para-hydroxylation sites is 1. The van der Waals surface area contributed by atoms with Crippen LogP contribution in [0.3, 0.4) is 0 Å². The van der Waals surface area contributed by atoms with Crippen molar-refractivity contribution in [1.29, 1.82) is 0 Å². The van der Waals surface area contributed by atoms with E-state index in [0.717, 1.165) is 42.6 Å². The summed E-state index contributed by atoms with van der Waals surface area (Å²) in [4.78, 5) is 22.7. The lowest BCUT2D eigenvalue weighted by Crippen LogP contribution is -2.49. The first kappa shape index (κ1) is 23.5. The van der Waals surface area contributed by atoms with Gasteiger partial charge in [-0.15, -0.1) is 0 Å². The van der Waals surface area contributed by atoms with Gasteiger partial charge in [0.2, 0.25) is 0 Å². The zero-order valence-electron chi connectivity index (χ0n) is 19.6. The van der Waals surface area contributed by atoms with E-state index in [-0.39, 0.29) is 11.9 Å². The SMILES string of the molecule is COc1cccc2c([C@H](O)CN3CCN(CC4CN(c5cccc(F)c5)C(=O)O4)CC3)ccnc12. The van der Waals surface area contributed by atoms with Gasteiger partial charge in [-0.2, -0.15) is 0 Å². The van der Waals surface area contributed by atoms with Crippen LogP contribution in [0.2, 0.25) is 0 Å². The fourth-order valence-electron chi connectivity index (χ4n) is 4.88. The van der Waals surface area contributed by atoms with Crippen LogP contribution in [0, 0.1) is 5.82 Å². The Bertz CT molecular complexity index is 1200. The maximum Gasteiger partial charge on any atom is 0.414 e. The van der Waals surface area contributed by atoms with Crippen molar-refractivity contribution in [2.24, 2.45) is 0 Å². The minimum atomic E-state index is -0.644. The Hall–Kier alpha value is -3.27. The van der Waals surface area contributed by atoms with Crippen molar-refractivity contribution in [3.05, 3.63) is 66.1 Å². The molecule has 2 atom stereocenters. The third-order valence-corrected chi connectivity index (χ3v) is 6.70. The number of piperazine rings is 1. The number of carbonyl (C=O) groups excluding carboxylic acids is 1. The van der Waals surface area contributed by atoms with Gasteiger partial charge in [0, 0.05) is 50.9 Å². The van der Waals surface area contributed by atoms with Crippen LogP contribution in [0.15, 0.2) is 54.7 Å². The molecule has 9 heteroatoms. The maximum absolute atomic E-state index is 13.5. The van der Waals surface area contributed by atoms with E-state index in [4.69, 9.17) is 9.47 Å². The van der Waals surface area contributed by atoms with Crippen LogP contribution >= 0.6 is 0 Å². The second kappa shape index (κ2) is 10.2. The molecule has 0 aliphatic carbocycles. The molecule has 8 nitrogen and oxygen atoms in total. The van der Waals surface area contributed by atoms with Gasteiger partial charge in [-0.1, -0.05) is 18.2 Å². The average Bonchev–Trinajstić information content (AvgIpc) is 3.24. The number of halogens is 1. The number of pyridine rings is 1. The van der Waals surface area contributed by atoms with Gasteiger partial charge in [0.1, 0.15) is 23.2 Å². The van der Waals surface area contributed by atoms with Crippen molar-refractivity contribution in [3.8, 4) is 5.75 Å². The number of aliphatic hydroxyl groups is 1.